The molecular weight excluding hydrogens is 184 g/mol. The minimum absolute atomic E-state index is 0.805. The first-order valence-electron chi connectivity index (χ1n) is 3.85. The maximum atomic E-state index is 4.97. The van der Waals surface area contributed by atoms with Crippen LogP contribution in [0, 0.1) is 0 Å². The monoisotopic (exact) mass is 198 g/mol. The number of hydrogen-bond acceptors (Lipinski definition) is 4. The summed E-state index contributed by atoms with van der Waals surface area (Å²) in [5.74, 6) is 0. The lowest BCUT2D eigenvalue weighted by Gasteiger charge is -2.23. The van der Waals surface area contributed by atoms with Gasteiger partial charge in [-0.15, -0.1) is 0 Å². The zero-order valence-electron chi connectivity index (χ0n) is 7.93. The SMILES string of the molecule is C=COC(OC=C)C(OC=C)OC=C. The molecule has 0 fully saturated rings. The van der Waals surface area contributed by atoms with Crippen LogP contribution in [0.3, 0.4) is 0 Å². The third kappa shape index (κ3) is 4.25. The van der Waals surface area contributed by atoms with Gasteiger partial charge in [-0.25, -0.2) is 0 Å². The van der Waals surface area contributed by atoms with Crippen LogP contribution in [0.4, 0.5) is 0 Å². The zero-order valence-corrected chi connectivity index (χ0v) is 7.93. The molecule has 0 N–H and O–H groups in total. The van der Waals surface area contributed by atoms with Crippen LogP contribution in [0.1, 0.15) is 0 Å². The third-order valence-corrected chi connectivity index (χ3v) is 1.14. The molecule has 0 atom stereocenters. The Morgan fingerprint density at radius 1 is 0.571 bits per heavy atom. The molecule has 0 spiro atoms. The van der Waals surface area contributed by atoms with Crippen LogP contribution >= 0.6 is 0 Å². The smallest absolute Gasteiger partial charge is 0.314 e. The van der Waals surface area contributed by atoms with Gasteiger partial charge in [0.05, 0.1) is 25.0 Å². The van der Waals surface area contributed by atoms with E-state index in [1.807, 2.05) is 0 Å². The minimum atomic E-state index is -0.805. The van der Waals surface area contributed by atoms with E-state index >= 15 is 0 Å². The Bertz CT molecular complexity index is 158. The van der Waals surface area contributed by atoms with E-state index in [-0.39, 0.29) is 0 Å². The third-order valence-electron chi connectivity index (χ3n) is 1.14. The summed E-state index contributed by atoms with van der Waals surface area (Å²) in [7, 11) is 0. The van der Waals surface area contributed by atoms with Crippen molar-refractivity contribution in [3.8, 4) is 0 Å². The van der Waals surface area contributed by atoms with Crippen molar-refractivity contribution in [1.82, 2.24) is 0 Å². The average molecular weight is 198 g/mol. The predicted octanol–water partition coefficient (Wildman–Crippen LogP) is 2.28. The van der Waals surface area contributed by atoms with Gasteiger partial charge in [-0.3, -0.25) is 0 Å². The fourth-order valence-corrected chi connectivity index (χ4v) is 0.700. The van der Waals surface area contributed by atoms with E-state index in [9.17, 15) is 0 Å². The van der Waals surface area contributed by atoms with Gasteiger partial charge in [0.25, 0.3) is 0 Å². The highest BCUT2D eigenvalue weighted by Crippen LogP contribution is 2.09. The molecule has 0 aliphatic carbocycles. The topological polar surface area (TPSA) is 36.9 Å². The fraction of sp³-hybridized carbons (Fsp3) is 0.200. The Hall–Kier alpha value is -1.84. The second-order valence-electron chi connectivity index (χ2n) is 1.95. The van der Waals surface area contributed by atoms with Gasteiger partial charge in [0.15, 0.2) is 0 Å². The highest BCUT2D eigenvalue weighted by molar-refractivity contribution is 4.67. The van der Waals surface area contributed by atoms with Crippen molar-refractivity contribution in [2.24, 2.45) is 0 Å². The fourth-order valence-electron chi connectivity index (χ4n) is 0.700. The molecule has 0 rings (SSSR count). The molecule has 0 saturated heterocycles. The largest absolute Gasteiger partial charge is 0.457 e. The lowest BCUT2D eigenvalue weighted by Crippen LogP contribution is -2.31. The standard InChI is InChI=1S/C10H14O4/c1-5-11-9(12-6-2)10(13-7-3)14-8-4/h5-10H,1-4H2. The van der Waals surface area contributed by atoms with Crippen LogP contribution in [-0.4, -0.2) is 12.6 Å². The Kier molecular flexibility index (Phi) is 6.77. The Labute approximate surface area is 83.7 Å². The molecule has 78 valence electrons. The molecule has 4 nitrogen and oxygen atoms in total. The first-order valence-corrected chi connectivity index (χ1v) is 3.85. The van der Waals surface area contributed by atoms with E-state index in [2.05, 4.69) is 26.3 Å². The summed E-state index contributed by atoms with van der Waals surface area (Å²) >= 11 is 0. The molecule has 0 amide bonds. The molecule has 0 heterocycles. The molecule has 4 heteroatoms. The lowest BCUT2D eigenvalue weighted by atomic mass is 10.6. The molecule has 0 aliphatic rings. The molecule has 0 aromatic carbocycles. The molecule has 0 bridgehead atoms. The average Bonchev–Trinajstić information content (AvgIpc) is 2.17. The van der Waals surface area contributed by atoms with Crippen molar-refractivity contribution in [3.05, 3.63) is 51.4 Å². The van der Waals surface area contributed by atoms with Crippen LogP contribution < -0.4 is 0 Å². The maximum Gasteiger partial charge on any atom is 0.314 e. The number of ether oxygens (including phenoxy) is 4. The van der Waals surface area contributed by atoms with Gasteiger partial charge < -0.3 is 18.9 Å². The first kappa shape index (κ1) is 12.2. The van der Waals surface area contributed by atoms with Crippen molar-refractivity contribution in [1.29, 1.82) is 0 Å². The van der Waals surface area contributed by atoms with E-state index in [0.29, 0.717) is 0 Å². The van der Waals surface area contributed by atoms with Crippen molar-refractivity contribution in [3.63, 3.8) is 0 Å². The van der Waals surface area contributed by atoms with Gasteiger partial charge in [-0.2, -0.15) is 0 Å². The summed E-state index contributed by atoms with van der Waals surface area (Å²) in [6.07, 6.45) is 3.22. The lowest BCUT2D eigenvalue weighted by molar-refractivity contribution is -0.218. The van der Waals surface area contributed by atoms with Crippen LogP contribution in [-0.2, 0) is 18.9 Å². The molecule has 0 aromatic heterocycles. The maximum absolute atomic E-state index is 4.97. The van der Waals surface area contributed by atoms with Crippen molar-refractivity contribution in [2.75, 3.05) is 0 Å². The summed E-state index contributed by atoms with van der Waals surface area (Å²) < 4.78 is 19.9. The Balaban J connectivity index is 4.32. The predicted molar refractivity (Wildman–Crippen MR) is 52.7 cm³/mol. The van der Waals surface area contributed by atoms with Gasteiger partial charge in [0, 0.05) is 0 Å². The van der Waals surface area contributed by atoms with Crippen molar-refractivity contribution >= 4 is 0 Å². The van der Waals surface area contributed by atoms with E-state index in [1.165, 1.54) is 25.0 Å². The number of hydrogen-bond donors (Lipinski definition) is 0. The van der Waals surface area contributed by atoms with E-state index < -0.39 is 12.6 Å². The first-order chi connectivity index (χ1) is 6.79. The molecular formula is C10H14O4. The van der Waals surface area contributed by atoms with Crippen LogP contribution in [0.2, 0.25) is 0 Å². The van der Waals surface area contributed by atoms with Gasteiger partial charge in [0.2, 0.25) is 0 Å². The molecule has 0 radical (unpaired) electrons. The number of rotatable bonds is 9. The van der Waals surface area contributed by atoms with Gasteiger partial charge in [-0.05, 0) is 0 Å². The molecule has 0 unspecified atom stereocenters. The molecule has 14 heavy (non-hydrogen) atoms. The zero-order chi connectivity index (χ0) is 10.8. The molecule has 0 aliphatic heterocycles. The van der Waals surface area contributed by atoms with E-state index in [4.69, 9.17) is 18.9 Å². The second kappa shape index (κ2) is 7.79. The Morgan fingerprint density at radius 3 is 0.929 bits per heavy atom. The van der Waals surface area contributed by atoms with Gasteiger partial charge >= 0.3 is 12.6 Å². The van der Waals surface area contributed by atoms with Crippen molar-refractivity contribution in [2.45, 2.75) is 12.6 Å². The highest BCUT2D eigenvalue weighted by Gasteiger charge is 2.24. The highest BCUT2D eigenvalue weighted by atomic mass is 16.8. The molecule has 0 aromatic rings. The summed E-state index contributed by atoms with van der Waals surface area (Å²) in [6.45, 7) is 13.5. The summed E-state index contributed by atoms with van der Waals surface area (Å²) in [5.41, 5.74) is 0. The minimum Gasteiger partial charge on any atom is -0.457 e. The van der Waals surface area contributed by atoms with Gasteiger partial charge in [-0.1, -0.05) is 26.3 Å². The summed E-state index contributed by atoms with van der Waals surface area (Å²) in [4.78, 5) is 0. The van der Waals surface area contributed by atoms with Crippen molar-refractivity contribution < 1.29 is 18.9 Å². The summed E-state index contributed by atoms with van der Waals surface area (Å²) in [5, 5.41) is 0. The normalized spacial score (nSPS) is 9.00. The molecule has 0 saturated carbocycles. The Morgan fingerprint density at radius 2 is 0.786 bits per heavy atom. The van der Waals surface area contributed by atoms with Crippen LogP contribution in [0.5, 0.6) is 0 Å². The summed E-state index contributed by atoms with van der Waals surface area (Å²) in [6, 6.07) is 0. The van der Waals surface area contributed by atoms with E-state index in [0.717, 1.165) is 0 Å². The van der Waals surface area contributed by atoms with Gasteiger partial charge in [0.1, 0.15) is 0 Å². The van der Waals surface area contributed by atoms with Crippen LogP contribution in [0.15, 0.2) is 51.4 Å². The van der Waals surface area contributed by atoms with Crippen LogP contribution in [0.25, 0.3) is 0 Å². The quantitative estimate of drug-likeness (QED) is 0.420. The van der Waals surface area contributed by atoms with E-state index in [1.54, 1.807) is 0 Å². The second-order valence-corrected chi connectivity index (χ2v) is 1.95.